The molecule has 39 heavy (non-hydrogen) atoms. The van der Waals surface area contributed by atoms with E-state index in [9.17, 15) is 5.26 Å². The summed E-state index contributed by atoms with van der Waals surface area (Å²) < 4.78 is 15.7. The van der Waals surface area contributed by atoms with Gasteiger partial charge in [-0.25, -0.2) is 4.52 Å². The molecule has 0 N–H and O–H groups in total. The number of likely N-dealkylation sites (tertiary alicyclic amines) is 1. The first-order valence-electron chi connectivity index (χ1n) is 14.1. The topological polar surface area (TPSA) is 93.0 Å². The molecule has 2 atom stereocenters. The van der Waals surface area contributed by atoms with Crippen molar-refractivity contribution in [2.24, 2.45) is 4.99 Å². The molecule has 5 heterocycles. The van der Waals surface area contributed by atoms with Gasteiger partial charge in [-0.2, -0.15) is 15.5 Å². The highest BCUT2D eigenvalue weighted by atomic mass is 16.5. The summed E-state index contributed by atoms with van der Waals surface area (Å²) in [6, 6.07) is 5.19. The quantitative estimate of drug-likeness (QED) is 0.387. The minimum Gasteiger partial charge on any atom is -0.482 e. The highest BCUT2D eigenvalue weighted by molar-refractivity contribution is 5.98. The lowest BCUT2D eigenvalue weighted by Crippen LogP contribution is -2.49. The van der Waals surface area contributed by atoms with Crippen molar-refractivity contribution in [2.75, 3.05) is 33.4 Å². The molecule has 2 fully saturated rings. The van der Waals surface area contributed by atoms with Gasteiger partial charge in [-0.05, 0) is 58.7 Å². The zero-order chi connectivity index (χ0) is 27.9. The van der Waals surface area contributed by atoms with Gasteiger partial charge < -0.3 is 9.47 Å². The number of pyridine rings is 1. The predicted octanol–water partition coefficient (Wildman–Crippen LogP) is 5.24. The van der Waals surface area contributed by atoms with Gasteiger partial charge in [0.1, 0.15) is 29.0 Å². The van der Waals surface area contributed by atoms with Gasteiger partial charge in [-0.3, -0.25) is 14.6 Å². The van der Waals surface area contributed by atoms with Crippen LogP contribution >= 0.6 is 0 Å². The highest BCUT2D eigenvalue weighted by Crippen LogP contribution is 2.34. The number of aromatic nitrogens is 4. The van der Waals surface area contributed by atoms with E-state index in [1.165, 1.54) is 0 Å². The van der Waals surface area contributed by atoms with Crippen LogP contribution in [-0.2, 0) is 4.74 Å². The standard InChI is InChI=1S/C28H35N7O2.C2H6/c1-5-7-26(30-4)20(3)37-27-12-21(16-34-28(27)22(13-29)14-31-34)25-15-32-35(19(25)2)23-8-6-10-33(11-9-23)24-17-36-18-24;1-2/h5,7,12,14-16,20,23-24H,6,8-11,17-18H2,1-4H3;1-2H3/b7-5-,30-26?;. The SMILES string of the molecule is C/C=C\C(=NC)C(C)Oc1cc(-c2cnn(C3CCCN(C4COC4)CC3)c2C)cn2ncc(C#N)c12.CC. The van der Waals surface area contributed by atoms with E-state index >= 15 is 0 Å². The van der Waals surface area contributed by atoms with Crippen molar-refractivity contribution in [3.8, 4) is 22.9 Å². The van der Waals surface area contributed by atoms with Gasteiger partial charge in [-0.15, -0.1) is 0 Å². The first kappa shape index (κ1) is 28.5. The van der Waals surface area contributed by atoms with E-state index in [4.69, 9.17) is 14.6 Å². The number of rotatable bonds is 7. The molecular weight excluding hydrogens is 490 g/mol. The summed E-state index contributed by atoms with van der Waals surface area (Å²) in [5.41, 5.74) is 5.07. The van der Waals surface area contributed by atoms with E-state index in [1.807, 2.05) is 58.3 Å². The number of aliphatic imine (C=N–C) groups is 1. The fourth-order valence-corrected chi connectivity index (χ4v) is 5.44. The van der Waals surface area contributed by atoms with E-state index in [-0.39, 0.29) is 6.10 Å². The van der Waals surface area contributed by atoms with E-state index in [0.29, 0.717) is 28.9 Å². The maximum Gasteiger partial charge on any atom is 0.148 e. The van der Waals surface area contributed by atoms with Gasteiger partial charge in [0.2, 0.25) is 0 Å². The molecule has 9 nitrogen and oxygen atoms in total. The van der Waals surface area contributed by atoms with Crippen molar-refractivity contribution in [1.82, 2.24) is 24.3 Å². The van der Waals surface area contributed by atoms with Crippen LogP contribution < -0.4 is 4.74 Å². The van der Waals surface area contributed by atoms with Gasteiger partial charge in [0, 0.05) is 36.6 Å². The fourth-order valence-electron chi connectivity index (χ4n) is 5.44. The van der Waals surface area contributed by atoms with Gasteiger partial charge in [-0.1, -0.05) is 19.9 Å². The monoisotopic (exact) mass is 531 g/mol. The molecule has 0 bridgehead atoms. The molecular formula is C30H41N7O2. The second-order valence-electron chi connectivity index (χ2n) is 9.87. The number of ether oxygens (including phenoxy) is 2. The molecule has 0 radical (unpaired) electrons. The summed E-state index contributed by atoms with van der Waals surface area (Å²) in [5.74, 6) is 0.602. The summed E-state index contributed by atoms with van der Waals surface area (Å²) in [6.07, 6.45) is 12.4. The summed E-state index contributed by atoms with van der Waals surface area (Å²) in [4.78, 5) is 6.94. The molecule has 2 aliphatic rings. The second kappa shape index (κ2) is 13.0. The average molecular weight is 532 g/mol. The fraction of sp³-hybridized carbons (Fsp3) is 0.533. The molecule has 0 aliphatic carbocycles. The van der Waals surface area contributed by atoms with E-state index < -0.39 is 0 Å². The highest BCUT2D eigenvalue weighted by Gasteiger charge is 2.29. The Morgan fingerprint density at radius 2 is 2.00 bits per heavy atom. The molecule has 2 saturated heterocycles. The lowest BCUT2D eigenvalue weighted by molar-refractivity contribution is -0.0639. The van der Waals surface area contributed by atoms with Gasteiger partial charge >= 0.3 is 0 Å². The van der Waals surface area contributed by atoms with Crippen LogP contribution in [0, 0.1) is 18.3 Å². The maximum absolute atomic E-state index is 9.68. The number of allylic oxidation sites excluding steroid dienone is 1. The van der Waals surface area contributed by atoms with E-state index in [1.54, 1.807) is 17.8 Å². The molecule has 0 spiro atoms. The largest absolute Gasteiger partial charge is 0.482 e. The van der Waals surface area contributed by atoms with Crippen LogP contribution in [0.3, 0.4) is 0 Å². The van der Waals surface area contributed by atoms with Crippen molar-refractivity contribution in [3.63, 3.8) is 0 Å². The zero-order valence-corrected chi connectivity index (χ0v) is 24.1. The van der Waals surface area contributed by atoms with Crippen LogP contribution in [0.1, 0.15) is 64.3 Å². The Morgan fingerprint density at radius 3 is 2.67 bits per heavy atom. The first-order chi connectivity index (χ1) is 19.0. The van der Waals surface area contributed by atoms with Crippen molar-refractivity contribution < 1.29 is 9.47 Å². The van der Waals surface area contributed by atoms with Crippen molar-refractivity contribution in [3.05, 3.63) is 48.1 Å². The maximum atomic E-state index is 9.68. The summed E-state index contributed by atoms with van der Waals surface area (Å²) in [7, 11) is 1.76. The molecule has 0 aromatic carbocycles. The van der Waals surface area contributed by atoms with Gasteiger partial charge in [0.25, 0.3) is 0 Å². The summed E-state index contributed by atoms with van der Waals surface area (Å²) in [5, 5.41) is 19.0. The van der Waals surface area contributed by atoms with E-state index in [0.717, 1.165) is 68.1 Å². The minimum atomic E-state index is -0.291. The van der Waals surface area contributed by atoms with Gasteiger partial charge in [0.15, 0.2) is 0 Å². The predicted molar refractivity (Wildman–Crippen MR) is 155 cm³/mol. The number of hydrogen-bond donors (Lipinski definition) is 0. The zero-order valence-electron chi connectivity index (χ0n) is 24.1. The molecule has 208 valence electrons. The Labute approximate surface area is 231 Å². The third-order valence-electron chi connectivity index (χ3n) is 7.58. The van der Waals surface area contributed by atoms with Crippen LogP contribution in [0.5, 0.6) is 5.75 Å². The Bertz CT molecular complexity index is 1360. The second-order valence-corrected chi connectivity index (χ2v) is 9.87. The first-order valence-corrected chi connectivity index (χ1v) is 14.1. The number of nitrogens with zero attached hydrogens (tertiary/aromatic N) is 7. The molecule has 2 aliphatic heterocycles. The lowest BCUT2D eigenvalue weighted by atomic mass is 10.1. The Balaban J connectivity index is 0.00000172. The van der Waals surface area contributed by atoms with E-state index in [2.05, 4.69) is 32.7 Å². The van der Waals surface area contributed by atoms with Crippen molar-refractivity contribution in [1.29, 1.82) is 5.26 Å². The van der Waals surface area contributed by atoms with Crippen LogP contribution in [0.25, 0.3) is 16.6 Å². The Hall–Kier alpha value is -3.48. The number of nitriles is 1. The molecule has 0 amide bonds. The normalized spacial score (nSPS) is 19.7. The summed E-state index contributed by atoms with van der Waals surface area (Å²) >= 11 is 0. The molecule has 2 unspecified atom stereocenters. The lowest BCUT2D eigenvalue weighted by Gasteiger charge is -2.36. The van der Waals surface area contributed by atoms with Crippen LogP contribution in [0.2, 0.25) is 0 Å². The average Bonchev–Trinajstić information content (AvgIpc) is 3.44. The van der Waals surface area contributed by atoms with Gasteiger partial charge in [0.05, 0.1) is 43.4 Å². The molecule has 5 rings (SSSR count). The number of hydrogen-bond acceptors (Lipinski definition) is 7. The molecule has 3 aromatic heterocycles. The van der Waals surface area contributed by atoms with Crippen LogP contribution in [0.4, 0.5) is 0 Å². The summed E-state index contributed by atoms with van der Waals surface area (Å²) in [6.45, 7) is 14.0. The van der Waals surface area contributed by atoms with Crippen molar-refractivity contribution >= 4 is 11.2 Å². The van der Waals surface area contributed by atoms with Crippen LogP contribution in [0.15, 0.2) is 41.8 Å². The molecule has 9 heteroatoms. The Morgan fingerprint density at radius 1 is 1.21 bits per heavy atom. The third kappa shape index (κ3) is 5.92. The Kier molecular flexibility index (Phi) is 9.54. The van der Waals surface area contributed by atoms with Crippen molar-refractivity contribution in [2.45, 2.75) is 72.1 Å². The smallest absolute Gasteiger partial charge is 0.148 e. The van der Waals surface area contributed by atoms with Crippen LogP contribution in [-0.4, -0.2) is 75.5 Å². The third-order valence-corrected chi connectivity index (χ3v) is 7.58. The number of fused-ring (bicyclic) bond motifs is 1. The molecule has 3 aromatic rings. The molecule has 0 saturated carbocycles. The minimum absolute atomic E-state index is 0.291.